The highest BCUT2D eigenvalue weighted by Crippen LogP contribution is 2.28. The van der Waals surface area contributed by atoms with Crippen LogP contribution in [0.3, 0.4) is 0 Å². The Morgan fingerprint density at radius 2 is 1.62 bits per heavy atom. The zero-order chi connectivity index (χ0) is 17.0. The Hall–Kier alpha value is -2.50. The van der Waals surface area contributed by atoms with E-state index in [-0.39, 0.29) is 10.9 Å². The predicted octanol–water partition coefficient (Wildman–Crippen LogP) is 3.79. The van der Waals surface area contributed by atoms with Crippen LogP contribution >= 0.6 is 0 Å². The van der Waals surface area contributed by atoms with Crippen molar-refractivity contribution >= 4 is 10.0 Å². The molecule has 2 aromatic carbocycles. The summed E-state index contributed by atoms with van der Waals surface area (Å²) in [4.78, 5) is 4.31. The number of sulfonamides is 1. The number of pyridine rings is 1. The molecule has 3 aromatic rings. The third-order valence-corrected chi connectivity index (χ3v) is 5.38. The van der Waals surface area contributed by atoms with E-state index in [9.17, 15) is 8.42 Å². The predicted molar refractivity (Wildman–Crippen MR) is 94.9 cm³/mol. The van der Waals surface area contributed by atoms with E-state index in [1.165, 1.54) is 0 Å². The van der Waals surface area contributed by atoms with Gasteiger partial charge in [0.1, 0.15) is 0 Å². The number of benzene rings is 2. The van der Waals surface area contributed by atoms with Crippen molar-refractivity contribution in [1.82, 2.24) is 9.71 Å². The minimum absolute atomic E-state index is 0.270. The summed E-state index contributed by atoms with van der Waals surface area (Å²) in [6.07, 6.45) is 3.33. The Morgan fingerprint density at radius 1 is 0.917 bits per heavy atom. The average Bonchev–Trinajstić information content (AvgIpc) is 2.63. The third kappa shape index (κ3) is 3.53. The molecule has 0 saturated carbocycles. The van der Waals surface area contributed by atoms with E-state index in [0.717, 1.165) is 11.1 Å². The Morgan fingerprint density at radius 3 is 2.33 bits per heavy atom. The van der Waals surface area contributed by atoms with Gasteiger partial charge < -0.3 is 0 Å². The van der Waals surface area contributed by atoms with Gasteiger partial charge in [-0.15, -0.1) is 0 Å². The molecule has 1 atom stereocenters. The number of hydrogen-bond acceptors (Lipinski definition) is 3. The van der Waals surface area contributed by atoms with Gasteiger partial charge in [0.25, 0.3) is 0 Å². The summed E-state index contributed by atoms with van der Waals surface area (Å²) in [5, 5.41) is 0. The molecule has 1 aromatic heterocycles. The molecule has 122 valence electrons. The number of rotatable bonds is 5. The van der Waals surface area contributed by atoms with Crippen molar-refractivity contribution in [3.05, 3.63) is 84.7 Å². The molecule has 0 unspecified atom stereocenters. The van der Waals surface area contributed by atoms with Gasteiger partial charge in [-0.1, -0.05) is 54.6 Å². The van der Waals surface area contributed by atoms with E-state index in [2.05, 4.69) is 9.71 Å². The van der Waals surface area contributed by atoms with Crippen LogP contribution in [-0.2, 0) is 10.0 Å². The summed E-state index contributed by atoms with van der Waals surface area (Å²) in [7, 11) is -3.66. The standard InChI is InChI=1S/C19H18N2O2S/c1-15(17-10-7-13-20-14-17)21-24(22,23)19-12-6-5-11-18(19)16-8-3-2-4-9-16/h2-15,21H,1H3/t15-/m0/s1. The number of hydrogen-bond donors (Lipinski definition) is 1. The lowest BCUT2D eigenvalue weighted by atomic mass is 10.1. The molecular weight excluding hydrogens is 320 g/mol. The monoisotopic (exact) mass is 338 g/mol. The summed E-state index contributed by atoms with van der Waals surface area (Å²) in [5.74, 6) is 0. The third-order valence-electron chi connectivity index (χ3n) is 3.78. The molecule has 0 aliphatic rings. The lowest BCUT2D eigenvalue weighted by molar-refractivity contribution is 0.567. The van der Waals surface area contributed by atoms with Gasteiger partial charge in [-0.05, 0) is 30.2 Å². The van der Waals surface area contributed by atoms with Crippen molar-refractivity contribution in [2.24, 2.45) is 0 Å². The zero-order valence-corrected chi connectivity index (χ0v) is 14.1. The van der Waals surface area contributed by atoms with E-state index in [1.54, 1.807) is 37.5 Å². The molecule has 4 nitrogen and oxygen atoms in total. The number of nitrogens with one attached hydrogen (secondary N) is 1. The topological polar surface area (TPSA) is 59.1 Å². The smallest absolute Gasteiger partial charge is 0.241 e. The van der Waals surface area contributed by atoms with Gasteiger partial charge in [0, 0.05) is 24.0 Å². The summed E-state index contributed by atoms with van der Waals surface area (Å²) in [5.41, 5.74) is 2.37. The molecule has 0 bridgehead atoms. The van der Waals surface area contributed by atoms with Crippen LogP contribution in [0, 0.1) is 0 Å². The van der Waals surface area contributed by atoms with Crippen molar-refractivity contribution < 1.29 is 8.42 Å². The van der Waals surface area contributed by atoms with Crippen LogP contribution in [-0.4, -0.2) is 13.4 Å². The van der Waals surface area contributed by atoms with Crippen LogP contribution in [0.25, 0.3) is 11.1 Å². The fourth-order valence-electron chi connectivity index (χ4n) is 2.55. The number of aromatic nitrogens is 1. The Balaban J connectivity index is 1.96. The first kappa shape index (κ1) is 16.4. The van der Waals surface area contributed by atoms with Crippen LogP contribution in [0.2, 0.25) is 0 Å². The van der Waals surface area contributed by atoms with E-state index in [0.29, 0.717) is 5.56 Å². The van der Waals surface area contributed by atoms with Crippen LogP contribution < -0.4 is 4.72 Å². The maximum Gasteiger partial charge on any atom is 0.241 e. The first-order valence-electron chi connectivity index (χ1n) is 7.64. The summed E-state index contributed by atoms with van der Waals surface area (Å²) in [6.45, 7) is 1.81. The summed E-state index contributed by atoms with van der Waals surface area (Å²) < 4.78 is 28.5. The largest absolute Gasteiger partial charge is 0.264 e. The minimum atomic E-state index is -3.66. The highest BCUT2D eigenvalue weighted by atomic mass is 32.2. The van der Waals surface area contributed by atoms with E-state index in [4.69, 9.17) is 0 Å². The SMILES string of the molecule is C[C@H](NS(=O)(=O)c1ccccc1-c1ccccc1)c1cccnc1. The molecule has 0 amide bonds. The number of nitrogens with zero attached hydrogens (tertiary/aromatic N) is 1. The molecule has 0 fully saturated rings. The molecule has 5 heteroatoms. The fraction of sp³-hybridized carbons (Fsp3) is 0.105. The normalized spacial score (nSPS) is 12.7. The fourth-order valence-corrected chi connectivity index (χ4v) is 4.02. The van der Waals surface area contributed by atoms with Gasteiger partial charge in [0.15, 0.2) is 0 Å². The molecular formula is C19H18N2O2S. The van der Waals surface area contributed by atoms with Gasteiger partial charge in [0.05, 0.1) is 4.90 Å². The van der Waals surface area contributed by atoms with Gasteiger partial charge in [-0.25, -0.2) is 13.1 Å². The van der Waals surface area contributed by atoms with Crippen molar-refractivity contribution in [3.63, 3.8) is 0 Å². The molecule has 24 heavy (non-hydrogen) atoms. The second-order valence-corrected chi connectivity index (χ2v) is 7.17. The molecule has 0 spiro atoms. The van der Waals surface area contributed by atoms with E-state index < -0.39 is 10.0 Å². The van der Waals surface area contributed by atoms with Crippen LogP contribution in [0.4, 0.5) is 0 Å². The molecule has 0 radical (unpaired) electrons. The molecule has 0 aliphatic carbocycles. The van der Waals surface area contributed by atoms with Gasteiger partial charge in [0.2, 0.25) is 10.0 Å². The Kier molecular flexibility index (Phi) is 4.74. The molecule has 1 heterocycles. The molecule has 0 saturated heterocycles. The second kappa shape index (κ2) is 6.95. The minimum Gasteiger partial charge on any atom is -0.264 e. The van der Waals surface area contributed by atoms with Crippen molar-refractivity contribution in [3.8, 4) is 11.1 Å². The van der Waals surface area contributed by atoms with Crippen molar-refractivity contribution in [1.29, 1.82) is 0 Å². The Labute approximate surface area is 142 Å². The summed E-state index contributed by atoms with van der Waals surface area (Å²) in [6, 6.07) is 19.8. The highest BCUT2D eigenvalue weighted by Gasteiger charge is 2.21. The maximum atomic E-state index is 12.9. The van der Waals surface area contributed by atoms with Gasteiger partial charge in [-0.2, -0.15) is 0 Å². The Bertz CT molecular complexity index is 910. The zero-order valence-electron chi connectivity index (χ0n) is 13.3. The van der Waals surface area contributed by atoms with Crippen LogP contribution in [0.15, 0.2) is 84.0 Å². The van der Waals surface area contributed by atoms with Gasteiger partial charge in [-0.3, -0.25) is 4.98 Å². The molecule has 0 aliphatic heterocycles. The quantitative estimate of drug-likeness (QED) is 0.770. The maximum absolute atomic E-state index is 12.9. The second-order valence-electron chi connectivity index (χ2n) is 5.49. The van der Waals surface area contributed by atoms with Crippen molar-refractivity contribution in [2.45, 2.75) is 17.9 Å². The van der Waals surface area contributed by atoms with E-state index in [1.807, 2.05) is 48.5 Å². The lowest BCUT2D eigenvalue weighted by Crippen LogP contribution is -2.27. The average molecular weight is 338 g/mol. The van der Waals surface area contributed by atoms with E-state index >= 15 is 0 Å². The summed E-state index contributed by atoms with van der Waals surface area (Å²) >= 11 is 0. The lowest BCUT2D eigenvalue weighted by Gasteiger charge is -2.16. The van der Waals surface area contributed by atoms with Crippen LogP contribution in [0.1, 0.15) is 18.5 Å². The molecule has 3 rings (SSSR count). The van der Waals surface area contributed by atoms with Gasteiger partial charge >= 0.3 is 0 Å². The van der Waals surface area contributed by atoms with Crippen LogP contribution in [0.5, 0.6) is 0 Å². The first-order valence-corrected chi connectivity index (χ1v) is 9.13. The first-order chi connectivity index (χ1) is 11.6. The molecule has 1 N–H and O–H groups in total. The highest BCUT2D eigenvalue weighted by molar-refractivity contribution is 7.89. The van der Waals surface area contributed by atoms with Crippen molar-refractivity contribution in [2.75, 3.05) is 0 Å².